The van der Waals surface area contributed by atoms with E-state index in [1.165, 1.54) is 17.4 Å². The van der Waals surface area contributed by atoms with E-state index in [1.807, 2.05) is 0 Å². The SMILES string of the molecule is NC(=O)C1CCN(C(=O)Cc2csc(-c3ccccc3F)n2)CC1. The van der Waals surface area contributed by atoms with E-state index in [0.717, 1.165) is 0 Å². The van der Waals surface area contributed by atoms with Gasteiger partial charge in [0.15, 0.2) is 0 Å². The van der Waals surface area contributed by atoms with Gasteiger partial charge in [-0.1, -0.05) is 12.1 Å². The van der Waals surface area contributed by atoms with E-state index in [2.05, 4.69) is 4.98 Å². The van der Waals surface area contributed by atoms with Gasteiger partial charge in [-0.25, -0.2) is 9.37 Å². The summed E-state index contributed by atoms with van der Waals surface area (Å²) < 4.78 is 13.8. The lowest BCUT2D eigenvalue weighted by Gasteiger charge is -2.30. The van der Waals surface area contributed by atoms with E-state index in [-0.39, 0.29) is 30.0 Å². The van der Waals surface area contributed by atoms with Gasteiger partial charge in [0.2, 0.25) is 11.8 Å². The number of thiazole rings is 1. The number of nitrogens with zero attached hydrogens (tertiary/aromatic N) is 2. The Kier molecular flexibility index (Phi) is 4.89. The van der Waals surface area contributed by atoms with Crippen LogP contribution in [0.25, 0.3) is 10.6 Å². The van der Waals surface area contributed by atoms with Gasteiger partial charge < -0.3 is 10.6 Å². The molecule has 1 aliphatic rings. The summed E-state index contributed by atoms with van der Waals surface area (Å²) >= 11 is 1.33. The third-order valence-corrected chi connectivity index (χ3v) is 5.16. The predicted molar refractivity (Wildman–Crippen MR) is 89.7 cm³/mol. The zero-order valence-electron chi connectivity index (χ0n) is 13.1. The molecule has 2 N–H and O–H groups in total. The van der Waals surface area contributed by atoms with Gasteiger partial charge in [-0.3, -0.25) is 9.59 Å². The number of nitrogens with two attached hydrogens (primary N) is 1. The molecule has 0 radical (unpaired) electrons. The zero-order chi connectivity index (χ0) is 17.1. The summed E-state index contributed by atoms with van der Waals surface area (Å²) in [4.78, 5) is 29.6. The van der Waals surface area contributed by atoms with E-state index in [0.29, 0.717) is 42.2 Å². The van der Waals surface area contributed by atoms with Gasteiger partial charge in [0.25, 0.3) is 0 Å². The highest BCUT2D eigenvalue weighted by molar-refractivity contribution is 7.13. The molecule has 1 aromatic heterocycles. The van der Waals surface area contributed by atoms with Gasteiger partial charge in [-0.05, 0) is 25.0 Å². The maximum atomic E-state index is 13.8. The normalized spacial score (nSPS) is 15.5. The van der Waals surface area contributed by atoms with Gasteiger partial charge >= 0.3 is 0 Å². The largest absolute Gasteiger partial charge is 0.369 e. The summed E-state index contributed by atoms with van der Waals surface area (Å²) in [5.74, 6) is -0.779. The molecule has 3 rings (SSSR count). The third kappa shape index (κ3) is 3.62. The van der Waals surface area contributed by atoms with Crippen molar-refractivity contribution in [3.8, 4) is 10.6 Å². The second-order valence-corrected chi connectivity index (χ2v) is 6.72. The fourth-order valence-electron chi connectivity index (χ4n) is 2.83. The molecule has 2 aromatic rings. The first-order chi connectivity index (χ1) is 11.5. The number of primary amides is 1. The molecule has 0 spiro atoms. The number of carbonyl (C=O) groups excluding carboxylic acids is 2. The van der Waals surface area contributed by atoms with Crippen LogP contribution in [-0.2, 0) is 16.0 Å². The second kappa shape index (κ2) is 7.09. The summed E-state index contributed by atoms with van der Waals surface area (Å²) in [6.07, 6.45) is 1.41. The summed E-state index contributed by atoms with van der Waals surface area (Å²) in [5, 5.41) is 2.36. The van der Waals surface area contributed by atoms with Gasteiger partial charge in [-0.2, -0.15) is 0 Å². The lowest BCUT2D eigenvalue weighted by atomic mass is 9.96. The number of amides is 2. The van der Waals surface area contributed by atoms with Crippen molar-refractivity contribution >= 4 is 23.2 Å². The standard InChI is InChI=1S/C17H18FN3O2S/c18-14-4-2-1-3-13(14)17-20-12(10-24-17)9-15(22)21-7-5-11(6-8-21)16(19)23/h1-4,10-11H,5-9H2,(H2,19,23). The van der Waals surface area contributed by atoms with Crippen LogP contribution in [0.1, 0.15) is 18.5 Å². The zero-order valence-corrected chi connectivity index (χ0v) is 13.9. The van der Waals surface area contributed by atoms with Gasteiger partial charge in [0.1, 0.15) is 10.8 Å². The fraction of sp³-hybridized carbons (Fsp3) is 0.353. The van der Waals surface area contributed by atoms with E-state index in [9.17, 15) is 14.0 Å². The molecule has 2 heterocycles. The molecule has 7 heteroatoms. The minimum absolute atomic E-state index is 0.0247. The number of likely N-dealkylation sites (tertiary alicyclic amines) is 1. The molecule has 0 saturated carbocycles. The smallest absolute Gasteiger partial charge is 0.228 e. The quantitative estimate of drug-likeness (QED) is 0.921. The maximum absolute atomic E-state index is 13.8. The van der Waals surface area contributed by atoms with E-state index >= 15 is 0 Å². The monoisotopic (exact) mass is 347 g/mol. The van der Waals surface area contributed by atoms with Crippen LogP contribution in [-0.4, -0.2) is 34.8 Å². The first-order valence-electron chi connectivity index (χ1n) is 7.81. The first kappa shape index (κ1) is 16.6. The minimum Gasteiger partial charge on any atom is -0.369 e. The van der Waals surface area contributed by atoms with E-state index in [4.69, 9.17) is 5.73 Å². The Morgan fingerprint density at radius 1 is 1.29 bits per heavy atom. The molecule has 1 aliphatic heterocycles. The Morgan fingerprint density at radius 3 is 2.67 bits per heavy atom. The van der Waals surface area contributed by atoms with Crippen molar-refractivity contribution in [1.29, 1.82) is 0 Å². The van der Waals surface area contributed by atoms with Crippen molar-refractivity contribution in [1.82, 2.24) is 9.88 Å². The Bertz CT molecular complexity index is 754. The lowest BCUT2D eigenvalue weighted by Crippen LogP contribution is -2.42. The van der Waals surface area contributed by atoms with Crippen LogP contribution in [0.4, 0.5) is 4.39 Å². The number of carbonyl (C=O) groups is 2. The van der Waals surface area contributed by atoms with Crippen molar-refractivity contribution in [2.75, 3.05) is 13.1 Å². The van der Waals surface area contributed by atoms with Crippen molar-refractivity contribution in [3.63, 3.8) is 0 Å². The summed E-state index contributed by atoms with van der Waals surface area (Å²) in [7, 11) is 0. The molecule has 0 unspecified atom stereocenters. The number of aromatic nitrogens is 1. The highest BCUT2D eigenvalue weighted by Gasteiger charge is 2.26. The number of piperidine rings is 1. The average Bonchev–Trinajstić information content (AvgIpc) is 3.03. The van der Waals surface area contributed by atoms with Crippen LogP contribution in [0.3, 0.4) is 0 Å². The Balaban J connectivity index is 1.62. The second-order valence-electron chi connectivity index (χ2n) is 5.86. The molecule has 24 heavy (non-hydrogen) atoms. The Labute approximate surface area is 143 Å². The Hall–Kier alpha value is -2.28. The molecule has 1 saturated heterocycles. The molecule has 0 aliphatic carbocycles. The number of hydrogen-bond donors (Lipinski definition) is 1. The van der Waals surface area contributed by atoms with E-state index in [1.54, 1.807) is 28.5 Å². The molecule has 1 aromatic carbocycles. The van der Waals surface area contributed by atoms with Crippen LogP contribution >= 0.6 is 11.3 Å². The molecule has 0 bridgehead atoms. The number of benzene rings is 1. The van der Waals surface area contributed by atoms with Crippen LogP contribution in [0.2, 0.25) is 0 Å². The van der Waals surface area contributed by atoms with Gasteiger partial charge in [0.05, 0.1) is 12.1 Å². The first-order valence-corrected chi connectivity index (χ1v) is 8.69. The minimum atomic E-state index is -0.321. The maximum Gasteiger partial charge on any atom is 0.228 e. The summed E-state index contributed by atoms with van der Waals surface area (Å²) in [5.41, 5.74) is 6.39. The Morgan fingerprint density at radius 2 is 2.00 bits per heavy atom. The topological polar surface area (TPSA) is 76.3 Å². The van der Waals surface area contributed by atoms with Crippen LogP contribution in [0.15, 0.2) is 29.6 Å². The average molecular weight is 347 g/mol. The molecule has 0 atom stereocenters. The number of halogens is 1. The van der Waals surface area contributed by atoms with Crippen LogP contribution < -0.4 is 5.73 Å². The predicted octanol–water partition coefficient (Wildman–Crippen LogP) is 2.22. The molecule has 126 valence electrons. The van der Waals surface area contributed by atoms with Crippen LogP contribution in [0.5, 0.6) is 0 Å². The van der Waals surface area contributed by atoms with Crippen molar-refractivity contribution < 1.29 is 14.0 Å². The number of rotatable bonds is 4. The molecule has 2 amide bonds. The summed E-state index contributed by atoms with van der Waals surface area (Å²) in [6, 6.07) is 6.46. The van der Waals surface area contributed by atoms with E-state index < -0.39 is 0 Å². The van der Waals surface area contributed by atoms with Crippen LogP contribution in [0, 0.1) is 11.7 Å². The van der Waals surface area contributed by atoms with Crippen molar-refractivity contribution in [3.05, 3.63) is 41.2 Å². The third-order valence-electron chi connectivity index (χ3n) is 4.24. The fourth-order valence-corrected chi connectivity index (χ4v) is 3.67. The molecular formula is C17H18FN3O2S. The highest BCUT2D eigenvalue weighted by atomic mass is 32.1. The van der Waals surface area contributed by atoms with Gasteiger partial charge in [-0.15, -0.1) is 11.3 Å². The number of hydrogen-bond acceptors (Lipinski definition) is 4. The summed E-state index contributed by atoms with van der Waals surface area (Å²) in [6.45, 7) is 1.08. The van der Waals surface area contributed by atoms with Crippen molar-refractivity contribution in [2.45, 2.75) is 19.3 Å². The molecular weight excluding hydrogens is 329 g/mol. The molecule has 5 nitrogen and oxygen atoms in total. The molecule has 1 fully saturated rings. The van der Waals surface area contributed by atoms with Crippen molar-refractivity contribution in [2.24, 2.45) is 11.7 Å². The highest BCUT2D eigenvalue weighted by Crippen LogP contribution is 2.26. The lowest BCUT2D eigenvalue weighted by molar-refractivity contribution is -0.134. The van der Waals surface area contributed by atoms with Gasteiger partial charge in [0, 0.05) is 30.0 Å².